The molecule has 1 N–H and O–H groups in total. The van der Waals surface area contributed by atoms with Crippen LogP contribution in [0.1, 0.15) is 39.2 Å². The number of fused-ring (bicyclic) bond motifs is 1. The van der Waals surface area contributed by atoms with E-state index in [1.165, 1.54) is 0 Å². The summed E-state index contributed by atoms with van der Waals surface area (Å²) in [4.78, 5) is 0. The van der Waals surface area contributed by atoms with Crippen LogP contribution in [-0.2, 0) is 11.3 Å². The molecule has 2 rings (SSSR count). The van der Waals surface area contributed by atoms with Gasteiger partial charge in [-0.25, -0.2) is 0 Å². The van der Waals surface area contributed by atoms with E-state index in [4.69, 9.17) is 14.2 Å². The molecule has 1 heterocycles. The number of hydrogen-bond acceptors (Lipinski definition) is 4. The van der Waals surface area contributed by atoms with Crippen LogP contribution in [0, 0.1) is 0 Å². The largest absolute Gasteiger partial charge is 0.454 e. The lowest BCUT2D eigenvalue weighted by Gasteiger charge is -2.14. The van der Waals surface area contributed by atoms with E-state index in [1.807, 2.05) is 18.2 Å². The van der Waals surface area contributed by atoms with Crippen LogP contribution in [0.2, 0.25) is 0 Å². The van der Waals surface area contributed by atoms with Crippen LogP contribution >= 0.6 is 0 Å². The molecule has 1 unspecified atom stereocenters. The van der Waals surface area contributed by atoms with Crippen molar-refractivity contribution < 1.29 is 14.2 Å². The molecule has 1 aromatic carbocycles. The molecule has 20 heavy (non-hydrogen) atoms. The Balaban J connectivity index is 1.67. The maximum absolute atomic E-state index is 5.87. The zero-order chi connectivity index (χ0) is 14.4. The van der Waals surface area contributed by atoms with E-state index in [9.17, 15) is 0 Å². The van der Waals surface area contributed by atoms with Crippen molar-refractivity contribution in [2.24, 2.45) is 0 Å². The highest BCUT2D eigenvalue weighted by atomic mass is 16.7. The minimum atomic E-state index is 0.273. The van der Waals surface area contributed by atoms with E-state index >= 15 is 0 Å². The third kappa shape index (κ3) is 4.69. The highest BCUT2D eigenvalue weighted by Gasteiger charge is 2.13. The average Bonchev–Trinajstić information content (AvgIpc) is 2.88. The Hall–Kier alpha value is -1.26. The van der Waals surface area contributed by atoms with Gasteiger partial charge in [-0.1, -0.05) is 19.9 Å². The van der Waals surface area contributed by atoms with Gasteiger partial charge in [-0.3, -0.25) is 0 Å². The molecule has 0 amide bonds. The molecule has 112 valence electrons. The Morgan fingerprint density at radius 3 is 2.80 bits per heavy atom. The minimum Gasteiger partial charge on any atom is -0.454 e. The van der Waals surface area contributed by atoms with E-state index < -0.39 is 0 Å². The van der Waals surface area contributed by atoms with Gasteiger partial charge in [0.2, 0.25) is 6.79 Å². The molecule has 4 nitrogen and oxygen atoms in total. The molecule has 0 bridgehead atoms. The van der Waals surface area contributed by atoms with Crippen LogP contribution in [0.15, 0.2) is 18.2 Å². The molecule has 0 spiro atoms. The third-order valence-corrected chi connectivity index (χ3v) is 3.31. The van der Waals surface area contributed by atoms with Crippen molar-refractivity contribution >= 4 is 0 Å². The van der Waals surface area contributed by atoms with Crippen molar-refractivity contribution in [2.45, 2.75) is 52.4 Å². The van der Waals surface area contributed by atoms with Gasteiger partial charge in [0.25, 0.3) is 0 Å². The summed E-state index contributed by atoms with van der Waals surface area (Å²) in [5.41, 5.74) is 1.13. The Bertz CT molecular complexity index is 420. The maximum Gasteiger partial charge on any atom is 0.231 e. The molecular formula is C16H25NO3. The predicted octanol–water partition coefficient (Wildman–Crippen LogP) is 3.10. The summed E-state index contributed by atoms with van der Waals surface area (Å²) in [6.07, 6.45) is 2.49. The van der Waals surface area contributed by atoms with Crippen molar-refractivity contribution in [1.82, 2.24) is 5.32 Å². The summed E-state index contributed by atoms with van der Waals surface area (Å²) in [6.45, 7) is 8.45. The zero-order valence-electron chi connectivity index (χ0n) is 12.6. The fourth-order valence-electron chi connectivity index (χ4n) is 2.13. The molecule has 0 fully saturated rings. The first-order valence-corrected chi connectivity index (χ1v) is 7.38. The smallest absolute Gasteiger partial charge is 0.231 e. The maximum atomic E-state index is 5.87. The molecule has 0 aromatic heterocycles. The predicted molar refractivity (Wildman–Crippen MR) is 79.2 cm³/mol. The van der Waals surface area contributed by atoms with Crippen molar-refractivity contribution in [3.05, 3.63) is 23.8 Å². The van der Waals surface area contributed by atoms with Gasteiger partial charge < -0.3 is 19.5 Å². The summed E-state index contributed by atoms with van der Waals surface area (Å²) in [6, 6.07) is 6.52. The monoisotopic (exact) mass is 279 g/mol. The van der Waals surface area contributed by atoms with Crippen molar-refractivity contribution in [3.63, 3.8) is 0 Å². The number of nitrogens with one attached hydrogen (secondary N) is 1. The van der Waals surface area contributed by atoms with Crippen molar-refractivity contribution in [1.29, 1.82) is 0 Å². The van der Waals surface area contributed by atoms with Crippen LogP contribution in [-0.4, -0.2) is 25.5 Å². The van der Waals surface area contributed by atoms with Gasteiger partial charge in [-0.05, 0) is 44.0 Å². The Kier molecular flexibility index (Phi) is 5.68. The van der Waals surface area contributed by atoms with E-state index in [0.29, 0.717) is 19.4 Å². The van der Waals surface area contributed by atoms with Crippen molar-refractivity contribution in [3.8, 4) is 11.5 Å². The number of hydrogen-bond donors (Lipinski definition) is 1. The van der Waals surface area contributed by atoms with Crippen LogP contribution in [0.3, 0.4) is 0 Å². The molecule has 4 heteroatoms. The lowest BCUT2D eigenvalue weighted by molar-refractivity contribution is 0.0462. The molecule has 0 saturated heterocycles. The van der Waals surface area contributed by atoms with Gasteiger partial charge in [0.1, 0.15) is 0 Å². The second-order valence-electron chi connectivity index (χ2n) is 5.56. The third-order valence-electron chi connectivity index (χ3n) is 3.31. The first-order valence-electron chi connectivity index (χ1n) is 7.38. The highest BCUT2D eigenvalue weighted by molar-refractivity contribution is 5.44. The molecular weight excluding hydrogens is 254 g/mol. The SMILES string of the molecule is CC(C)NCCCC(C)OCc1ccc2c(c1)OCO2. The molecule has 0 saturated carbocycles. The highest BCUT2D eigenvalue weighted by Crippen LogP contribution is 2.32. The van der Waals surface area contributed by atoms with Crippen LogP contribution < -0.4 is 14.8 Å². The Morgan fingerprint density at radius 2 is 2.00 bits per heavy atom. The fraction of sp³-hybridized carbons (Fsp3) is 0.625. The summed E-state index contributed by atoms with van der Waals surface area (Å²) in [5.74, 6) is 1.64. The summed E-state index contributed by atoms with van der Waals surface area (Å²) in [5, 5.41) is 3.42. The summed E-state index contributed by atoms with van der Waals surface area (Å²) >= 11 is 0. The first-order chi connectivity index (χ1) is 9.65. The molecule has 0 aliphatic carbocycles. The lowest BCUT2D eigenvalue weighted by atomic mass is 10.2. The Morgan fingerprint density at radius 1 is 1.20 bits per heavy atom. The second kappa shape index (κ2) is 7.50. The van der Waals surface area contributed by atoms with Crippen molar-refractivity contribution in [2.75, 3.05) is 13.3 Å². The zero-order valence-corrected chi connectivity index (χ0v) is 12.6. The molecule has 1 aliphatic heterocycles. The van der Waals surface area contributed by atoms with Crippen LogP contribution in [0.25, 0.3) is 0 Å². The van der Waals surface area contributed by atoms with E-state index in [2.05, 4.69) is 26.1 Å². The van der Waals surface area contributed by atoms with Crippen LogP contribution in [0.5, 0.6) is 11.5 Å². The van der Waals surface area contributed by atoms with Gasteiger partial charge in [0, 0.05) is 6.04 Å². The summed E-state index contributed by atoms with van der Waals surface area (Å²) < 4.78 is 16.5. The minimum absolute atomic E-state index is 0.273. The molecule has 1 aromatic rings. The van der Waals surface area contributed by atoms with Gasteiger partial charge in [0.15, 0.2) is 11.5 Å². The number of benzene rings is 1. The van der Waals surface area contributed by atoms with Gasteiger partial charge in [-0.2, -0.15) is 0 Å². The van der Waals surface area contributed by atoms with E-state index in [-0.39, 0.29) is 6.10 Å². The summed E-state index contributed by atoms with van der Waals surface area (Å²) in [7, 11) is 0. The topological polar surface area (TPSA) is 39.7 Å². The molecule has 1 aliphatic rings. The van der Waals surface area contributed by atoms with Gasteiger partial charge in [-0.15, -0.1) is 0 Å². The number of rotatable bonds is 8. The normalized spacial score (nSPS) is 14.8. The van der Waals surface area contributed by atoms with E-state index in [0.717, 1.165) is 36.4 Å². The second-order valence-corrected chi connectivity index (χ2v) is 5.56. The quantitative estimate of drug-likeness (QED) is 0.742. The molecule has 1 atom stereocenters. The Labute approximate surface area is 121 Å². The number of ether oxygens (including phenoxy) is 3. The van der Waals surface area contributed by atoms with Gasteiger partial charge in [0.05, 0.1) is 12.7 Å². The molecule has 0 radical (unpaired) electrons. The van der Waals surface area contributed by atoms with Crippen LogP contribution in [0.4, 0.5) is 0 Å². The lowest BCUT2D eigenvalue weighted by Crippen LogP contribution is -2.24. The standard InChI is InChI=1S/C16H25NO3/c1-12(2)17-8-4-5-13(3)18-10-14-6-7-15-16(9-14)20-11-19-15/h6-7,9,12-13,17H,4-5,8,10-11H2,1-3H3. The van der Waals surface area contributed by atoms with E-state index in [1.54, 1.807) is 0 Å². The fourth-order valence-corrected chi connectivity index (χ4v) is 2.13. The van der Waals surface area contributed by atoms with Gasteiger partial charge >= 0.3 is 0 Å². The first kappa shape index (κ1) is 15.1. The average molecular weight is 279 g/mol.